The number of benzene rings is 2. The predicted octanol–water partition coefficient (Wildman–Crippen LogP) is 5.26. The first-order valence-corrected chi connectivity index (χ1v) is 16.0. The summed E-state index contributed by atoms with van der Waals surface area (Å²) in [4.78, 5) is 15.8. The van der Waals surface area contributed by atoms with Gasteiger partial charge in [-0.05, 0) is 92.5 Å². The molecule has 2 aliphatic carbocycles. The molecular formula is C31H37FN4O4S. The van der Waals surface area contributed by atoms with Crippen LogP contribution in [0.5, 0.6) is 0 Å². The Kier molecular flexibility index (Phi) is 7.28. The number of halogens is 1. The van der Waals surface area contributed by atoms with Crippen molar-refractivity contribution in [3.05, 3.63) is 66.4 Å². The number of carbonyl (C=O) groups excluding carboxylic acids is 1. The van der Waals surface area contributed by atoms with Crippen molar-refractivity contribution in [3.8, 4) is 11.3 Å². The molecule has 1 aromatic heterocycles. The molecule has 3 aliphatic rings. The quantitative estimate of drug-likeness (QED) is 0.337. The summed E-state index contributed by atoms with van der Waals surface area (Å²) in [5.41, 5.74) is 2.46. The number of hydrogen-bond donors (Lipinski definition) is 3. The Morgan fingerprint density at radius 2 is 1.98 bits per heavy atom. The van der Waals surface area contributed by atoms with Crippen LogP contribution in [0.25, 0.3) is 11.3 Å². The van der Waals surface area contributed by atoms with Crippen molar-refractivity contribution in [2.45, 2.75) is 81.9 Å². The number of amides is 1. The van der Waals surface area contributed by atoms with Gasteiger partial charge in [0.1, 0.15) is 5.82 Å². The maximum Gasteiger partial charge on any atom is 0.240 e. The highest BCUT2D eigenvalue weighted by molar-refractivity contribution is 7.89. The van der Waals surface area contributed by atoms with Gasteiger partial charge < -0.3 is 15.0 Å². The molecule has 3 N–H and O–H groups in total. The molecule has 1 aliphatic heterocycles. The highest BCUT2D eigenvalue weighted by Crippen LogP contribution is 2.54. The van der Waals surface area contributed by atoms with Crippen LogP contribution in [0.15, 0.2) is 59.9 Å². The zero-order valence-corrected chi connectivity index (χ0v) is 24.2. The Labute approximate surface area is 240 Å². The van der Waals surface area contributed by atoms with Crippen LogP contribution in [-0.2, 0) is 14.8 Å². The third-order valence-corrected chi connectivity index (χ3v) is 11.3. The lowest BCUT2D eigenvalue weighted by molar-refractivity contribution is -0.114. The summed E-state index contributed by atoms with van der Waals surface area (Å²) < 4.78 is 46.7. The van der Waals surface area contributed by atoms with Crippen LogP contribution in [0.4, 0.5) is 10.1 Å². The van der Waals surface area contributed by atoms with Crippen molar-refractivity contribution >= 4 is 21.6 Å². The van der Waals surface area contributed by atoms with Gasteiger partial charge in [0.2, 0.25) is 15.9 Å². The zero-order valence-electron chi connectivity index (χ0n) is 23.4. The van der Waals surface area contributed by atoms with E-state index in [0.717, 1.165) is 43.4 Å². The van der Waals surface area contributed by atoms with Crippen molar-refractivity contribution in [2.24, 2.45) is 17.3 Å². The van der Waals surface area contributed by atoms with E-state index in [9.17, 15) is 18.3 Å². The number of sulfonamides is 1. The van der Waals surface area contributed by atoms with Crippen molar-refractivity contribution in [1.29, 1.82) is 0 Å². The lowest BCUT2D eigenvalue weighted by atomic mass is 9.56. The van der Waals surface area contributed by atoms with E-state index < -0.39 is 16.1 Å². The number of aliphatic hydroxyl groups excluding tert-OH is 1. The molecule has 8 nitrogen and oxygen atoms in total. The van der Waals surface area contributed by atoms with Crippen LogP contribution in [0.1, 0.15) is 70.4 Å². The van der Waals surface area contributed by atoms with E-state index in [-0.39, 0.29) is 40.0 Å². The first-order valence-electron chi connectivity index (χ1n) is 14.5. The van der Waals surface area contributed by atoms with Crippen LogP contribution in [-0.4, -0.2) is 41.1 Å². The number of imidazole rings is 1. The summed E-state index contributed by atoms with van der Waals surface area (Å²) in [6, 6.07) is 10.7. The molecule has 41 heavy (non-hydrogen) atoms. The number of hydrogen-bond acceptors (Lipinski definition) is 5. The van der Waals surface area contributed by atoms with Crippen LogP contribution >= 0.6 is 0 Å². The molecule has 10 heteroatoms. The van der Waals surface area contributed by atoms with Crippen molar-refractivity contribution in [3.63, 3.8) is 0 Å². The summed E-state index contributed by atoms with van der Waals surface area (Å²) in [5, 5.41) is 14.5. The summed E-state index contributed by atoms with van der Waals surface area (Å²) in [6.45, 7) is 3.51. The minimum absolute atomic E-state index is 0.0990. The lowest BCUT2D eigenvalue weighted by Gasteiger charge is -2.52. The third kappa shape index (κ3) is 5.10. The molecule has 0 spiro atoms. The van der Waals surface area contributed by atoms with Crippen LogP contribution in [0.3, 0.4) is 0 Å². The van der Waals surface area contributed by atoms with E-state index in [1.54, 1.807) is 30.7 Å². The van der Waals surface area contributed by atoms with E-state index in [1.165, 1.54) is 25.1 Å². The molecule has 2 bridgehead atoms. The lowest BCUT2D eigenvalue weighted by Crippen LogP contribution is -2.52. The van der Waals surface area contributed by atoms with Crippen molar-refractivity contribution in [1.82, 2.24) is 14.3 Å². The Balaban J connectivity index is 1.20. The average molecular weight is 581 g/mol. The molecule has 2 fully saturated rings. The SMILES string of the molecule is CCC1(C(O)CC2c3c(F)cccc3-c3cncn32)CC2CCC(NS(=O)(=O)c3ccc(NC(C)=O)cc3)C(C2)C1. The Hall–Kier alpha value is -3.08. The highest BCUT2D eigenvalue weighted by Gasteiger charge is 2.49. The first kappa shape index (κ1) is 28.1. The van der Waals surface area contributed by atoms with Gasteiger partial charge in [0.15, 0.2) is 0 Å². The number of rotatable bonds is 8. The maximum absolute atomic E-state index is 15.1. The summed E-state index contributed by atoms with van der Waals surface area (Å²) in [6.07, 6.45) is 8.10. The van der Waals surface area contributed by atoms with Gasteiger partial charge in [-0.3, -0.25) is 4.79 Å². The number of aromatic nitrogens is 2. The number of fused-ring (bicyclic) bond motifs is 5. The van der Waals surface area contributed by atoms with Crippen molar-refractivity contribution in [2.75, 3.05) is 5.32 Å². The zero-order chi connectivity index (χ0) is 28.9. The maximum atomic E-state index is 15.1. The first-order chi connectivity index (χ1) is 19.6. The fraction of sp³-hybridized carbons (Fsp3) is 0.484. The number of carbonyl (C=O) groups is 1. The number of anilines is 1. The molecule has 0 radical (unpaired) electrons. The molecule has 0 saturated heterocycles. The van der Waals surface area contributed by atoms with E-state index >= 15 is 4.39 Å². The second kappa shape index (κ2) is 10.6. The standard InChI is InChI=1S/C31H37FN4O4S/c1-3-31(29(38)14-27-30-24(5-4-6-25(30)32)28-17-33-18-36(27)28)15-20-7-12-26(21(13-20)16-31)35-41(39,40)23-10-8-22(9-11-23)34-19(2)37/h4-6,8-11,17-18,20-21,26-27,29,35,38H,3,7,12-16H2,1-2H3,(H,34,37). The van der Waals surface area contributed by atoms with Crippen molar-refractivity contribution < 1.29 is 22.7 Å². The van der Waals surface area contributed by atoms with Gasteiger partial charge in [-0.1, -0.05) is 19.1 Å². The second-order valence-corrected chi connectivity index (χ2v) is 13.9. The fourth-order valence-electron chi connectivity index (χ4n) is 7.78. The molecule has 6 unspecified atom stereocenters. The fourth-order valence-corrected chi connectivity index (χ4v) is 9.12. The Morgan fingerprint density at radius 3 is 2.71 bits per heavy atom. The normalized spacial score (nSPS) is 27.6. The molecule has 6 atom stereocenters. The Morgan fingerprint density at radius 1 is 1.20 bits per heavy atom. The number of aliphatic hydroxyl groups is 1. The largest absolute Gasteiger partial charge is 0.392 e. The topological polar surface area (TPSA) is 113 Å². The molecule has 2 aromatic carbocycles. The van der Waals surface area contributed by atoms with Gasteiger partial charge in [-0.25, -0.2) is 22.5 Å². The second-order valence-electron chi connectivity index (χ2n) is 12.2. The number of nitrogens with zero attached hydrogens (tertiary/aromatic N) is 2. The molecule has 1 amide bonds. The molecule has 2 saturated carbocycles. The summed E-state index contributed by atoms with van der Waals surface area (Å²) >= 11 is 0. The Bertz CT molecular complexity index is 1560. The summed E-state index contributed by atoms with van der Waals surface area (Å²) in [5.74, 6) is 0.0237. The van der Waals surface area contributed by atoms with Crippen LogP contribution in [0, 0.1) is 23.1 Å². The van der Waals surface area contributed by atoms with Gasteiger partial charge in [0.25, 0.3) is 0 Å². The average Bonchev–Trinajstić information content (AvgIpc) is 3.53. The van der Waals surface area contributed by atoms with E-state index in [4.69, 9.17) is 0 Å². The minimum atomic E-state index is -3.77. The molecule has 3 aromatic rings. The monoisotopic (exact) mass is 580 g/mol. The van der Waals surface area contributed by atoms with E-state index in [2.05, 4.69) is 21.9 Å². The van der Waals surface area contributed by atoms with Gasteiger partial charge in [-0.15, -0.1) is 0 Å². The minimum Gasteiger partial charge on any atom is -0.392 e. The van der Waals surface area contributed by atoms with E-state index in [0.29, 0.717) is 30.0 Å². The molecule has 218 valence electrons. The number of nitrogens with one attached hydrogen (secondary N) is 2. The van der Waals surface area contributed by atoms with Gasteiger partial charge >= 0.3 is 0 Å². The van der Waals surface area contributed by atoms with Crippen LogP contribution in [0.2, 0.25) is 0 Å². The van der Waals surface area contributed by atoms with Gasteiger partial charge in [0, 0.05) is 29.8 Å². The van der Waals surface area contributed by atoms with Crippen LogP contribution < -0.4 is 10.0 Å². The van der Waals surface area contributed by atoms with E-state index in [1.807, 2.05) is 10.6 Å². The highest BCUT2D eigenvalue weighted by atomic mass is 32.2. The van der Waals surface area contributed by atoms with Gasteiger partial charge in [0.05, 0.1) is 35.3 Å². The molecular weight excluding hydrogens is 543 g/mol. The molecule has 6 rings (SSSR count). The third-order valence-electron chi connectivity index (χ3n) is 9.77. The van der Waals surface area contributed by atoms with Gasteiger partial charge in [-0.2, -0.15) is 0 Å². The summed E-state index contributed by atoms with van der Waals surface area (Å²) in [7, 11) is -3.77. The predicted molar refractivity (Wildman–Crippen MR) is 154 cm³/mol. The smallest absolute Gasteiger partial charge is 0.240 e. The molecule has 2 heterocycles.